The molecule has 2 heterocycles. The van der Waals surface area contributed by atoms with E-state index in [0.29, 0.717) is 0 Å². The fourth-order valence-electron chi connectivity index (χ4n) is 4.79. The van der Waals surface area contributed by atoms with Gasteiger partial charge in [0, 0.05) is 12.0 Å². The Labute approximate surface area is 164 Å². The van der Waals surface area contributed by atoms with Crippen molar-refractivity contribution in [2.75, 3.05) is 0 Å². The number of carbonyl (C=O) groups excluding carboxylic acids is 2. The number of nitrogens with zero attached hydrogens (tertiary/aromatic N) is 1. The summed E-state index contributed by atoms with van der Waals surface area (Å²) in [6, 6.07) is 9.07. The molecule has 1 aromatic carbocycles. The van der Waals surface area contributed by atoms with E-state index in [1.165, 1.54) is 4.90 Å². The number of benzene rings is 1. The Kier molecular flexibility index (Phi) is 4.85. The van der Waals surface area contributed by atoms with Crippen LogP contribution in [0.4, 0.5) is 0 Å². The number of hydrogen-bond donors (Lipinski definition) is 2. The van der Waals surface area contributed by atoms with Crippen molar-refractivity contribution in [3.05, 3.63) is 53.7 Å². The molecular weight excluding hydrogens is 356 g/mol. The van der Waals surface area contributed by atoms with E-state index in [1.807, 2.05) is 49.4 Å². The molecule has 0 bridgehead atoms. The standard InChI is InChI=1S/C22H26N2O4/c1-3-8-18-16-12-7-9-14(2)19(16)24-20(25)17(13-15-10-5-4-6-11-15)23-21(26)22(24,27)28-18/h3-6,8,10-11,13-14,16,18-19,27H,7,9,12H2,1-2H3,(H,23,26)/b8-3+,17-13+/t14-,16+,18+,19+,22?/m1/s1. The van der Waals surface area contributed by atoms with Crippen LogP contribution in [0.15, 0.2) is 48.2 Å². The SMILES string of the molecule is C/C=C/[C@@H]1OC2(O)C(=O)N/C(=C/c3ccccc3)C(=O)N2[C@@H]2[C@H]1CCC[C@H]2C. The van der Waals surface area contributed by atoms with Crippen LogP contribution in [-0.2, 0) is 14.3 Å². The molecule has 1 aromatic rings. The number of nitrogens with one attached hydrogen (secondary N) is 1. The lowest BCUT2D eigenvalue weighted by atomic mass is 9.72. The molecule has 0 spiro atoms. The molecule has 0 radical (unpaired) electrons. The van der Waals surface area contributed by atoms with Gasteiger partial charge in [0.15, 0.2) is 0 Å². The van der Waals surface area contributed by atoms with Crippen LogP contribution in [-0.4, -0.2) is 39.9 Å². The topological polar surface area (TPSA) is 78.9 Å². The molecule has 148 valence electrons. The van der Waals surface area contributed by atoms with Crippen molar-refractivity contribution in [3.8, 4) is 0 Å². The maximum atomic E-state index is 13.4. The summed E-state index contributed by atoms with van der Waals surface area (Å²) in [7, 11) is 0. The van der Waals surface area contributed by atoms with Gasteiger partial charge in [0.05, 0.1) is 6.10 Å². The van der Waals surface area contributed by atoms with Crippen LogP contribution in [0.3, 0.4) is 0 Å². The van der Waals surface area contributed by atoms with Crippen molar-refractivity contribution in [1.82, 2.24) is 10.2 Å². The largest absolute Gasteiger partial charge is 0.341 e. The summed E-state index contributed by atoms with van der Waals surface area (Å²) >= 11 is 0. The molecule has 3 aliphatic rings. The molecule has 6 nitrogen and oxygen atoms in total. The first-order valence-corrected chi connectivity index (χ1v) is 9.90. The summed E-state index contributed by atoms with van der Waals surface area (Å²) in [5.41, 5.74) is 0.958. The highest BCUT2D eigenvalue weighted by Gasteiger charge is 2.62. The monoisotopic (exact) mass is 382 g/mol. The third-order valence-electron chi connectivity index (χ3n) is 6.05. The molecule has 2 saturated heterocycles. The highest BCUT2D eigenvalue weighted by molar-refractivity contribution is 6.08. The minimum atomic E-state index is -2.29. The quantitative estimate of drug-likeness (QED) is 0.608. The number of amides is 2. The Bertz CT molecular complexity index is 834. The minimum absolute atomic E-state index is 0.0491. The molecule has 0 aromatic heterocycles. The summed E-state index contributed by atoms with van der Waals surface area (Å²) in [6.07, 6.45) is 7.85. The van der Waals surface area contributed by atoms with Gasteiger partial charge >= 0.3 is 11.8 Å². The number of rotatable bonds is 2. The van der Waals surface area contributed by atoms with Gasteiger partial charge in [-0.05, 0) is 37.3 Å². The average Bonchev–Trinajstić information content (AvgIpc) is 2.68. The Morgan fingerprint density at radius 3 is 2.71 bits per heavy atom. The summed E-state index contributed by atoms with van der Waals surface area (Å²) in [5, 5.41) is 13.7. The van der Waals surface area contributed by atoms with Gasteiger partial charge in [-0.1, -0.05) is 55.8 Å². The molecule has 5 atom stereocenters. The summed E-state index contributed by atoms with van der Waals surface area (Å²) in [4.78, 5) is 27.5. The number of ether oxygens (including phenoxy) is 1. The van der Waals surface area contributed by atoms with Crippen LogP contribution < -0.4 is 5.32 Å². The molecule has 3 fully saturated rings. The first-order chi connectivity index (χ1) is 13.5. The van der Waals surface area contributed by atoms with E-state index >= 15 is 0 Å². The van der Waals surface area contributed by atoms with Crippen LogP contribution >= 0.6 is 0 Å². The second kappa shape index (κ2) is 7.18. The number of hydrogen-bond acceptors (Lipinski definition) is 4. The number of carbonyl (C=O) groups is 2. The van der Waals surface area contributed by atoms with E-state index in [1.54, 1.807) is 6.08 Å². The van der Waals surface area contributed by atoms with Crippen molar-refractivity contribution < 1.29 is 19.4 Å². The number of fused-ring (bicyclic) bond motifs is 3. The lowest BCUT2D eigenvalue weighted by molar-refractivity contribution is -0.330. The summed E-state index contributed by atoms with van der Waals surface area (Å²) in [6.45, 7) is 3.96. The van der Waals surface area contributed by atoms with Gasteiger partial charge < -0.3 is 15.2 Å². The van der Waals surface area contributed by atoms with E-state index in [2.05, 4.69) is 12.2 Å². The van der Waals surface area contributed by atoms with E-state index in [4.69, 9.17) is 4.74 Å². The van der Waals surface area contributed by atoms with Gasteiger partial charge in [-0.15, -0.1) is 0 Å². The van der Waals surface area contributed by atoms with Gasteiger partial charge in [-0.2, -0.15) is 0 Å². The Morgan fingerprint density at radius 2 is 2.00 bits per heavy atom. The molecule has 1 aliphatic carbocycles. The second-order valence-electron chi connectivity index (χ2n) is 7.88. The predicted octanol–water partition coefficient (Wildman–Crippen LogP) is 2.41. The first-order valence-electron chi connectivity index (χ1n) is 9.90. The molecule has 2 aliphatic heterocycles. The molecule has 6 heteroatoms. The minimum Gasteiger partial charge on any atom is -0.341 e. The van der Waals surface area contributed by atoms with Crippen LogP contribution in [0.2, 0.25) is 0 Å². The molecule has 2 N–H and O–H groups in total. The second-order valence-corrected chi connectivity index (χ2v) is 7.88. The number of aliphatic hydroxyl groups is 1. The highest BCUT2D eigenvalue weighted by atomic mass is 16.7. The van der Waals surface area contributed by atoms with Crippen molar-refractivity contribution in [3.63, 3.8) is 0 Å². The van der Waals surface area contributed by atoms with Crippen molar-refractivity contribution in [2.45, 2.75) is 51.2 Å². The molecule has 1 unspecified atom stereocenters. The van der Waals surface area contributed by atoms with Crippen LogP contribution in [0, 0.1) is 11.8 Å². The molecule has 28 heavy (non-hydrogen) atoms. The fraction of sp³-hybridized carbons (Fsp3) is 0.455. The highest BCUT2D eigenvalue weighted by Crippen LogP contribution is 2.45. The van der Waals surface area contributed by atoms with Gasteiger partial charge in [0.25, 0.3) is 5.91 Å². The zero-order valence-corrected chi connectivity index (χ0v) is 16.2. The molecular formula is C22H26N2O4. The average molecular weight is 382 g/mol. The van der Waals surface area contributed by atoms with Gasteiger partial charge in [0.2, 0.25) is 0 Å². The number of piperazine rings is 1. The maximum Gasteiger partial charge on any atom is 0.337 e. The Hall–Kier alpha value is -2.44. The third kappa shape index (κ3) is 2.97. The first kappa shape index (κ1) is 18.9. The maximum absolute atomic E-state index is 13.4. The zero-order chi connectivity index (χ0) is 19.9. The van der Waals surface area contributed by atoms with Crippen LogP contribution in [0.5, 0.6) is 0 Å². The van der Waals surface area contributed by atoms with Crippen LogP contribution in [0.1, 0.15) is 38.7 Å². The lowest BCUT2D eigenvalue weighted by Crippen LogP contribution is -2.76. The van der Waals surface area contributed by atoms with Crippen molar-refractivity contribution in [2.24, 2.45) is 11.8 Å². The lowest BCUT2D eigenvalue weighted by Gasteiger charge is -2.57. The Morgan fingerprint density at radius 1 is 1.25 bits per heavy atom. The smallest absolute Gasteiger partial charge is 0.337 e. The number of allylic oxidation sites excluding steroid dienone is 1. The van der Waals surface area contributed by atoms with Crippen LogP contribution in [0.25, 0.3) is 6.08 Å². The Balaban J connectivity index is 1.77. The normalized spacial score (nSPS) is 37.0. The van der Waals surface area contributed by atoms with Crippen molar-refractivity contribution >= 4 is 17.9 Å². The summed E-state index contributed by atoms with van der Waals surface area (Å²) in [5.74, 6) is -3.21. The molecule has 4 rings (SSSR count). The van der Waals surface area contributed by atoms with Crippen molar-refractivity contribution in [1.29, 1.82) is 0 Å². The predicted molar refractivity (Wildman–Crippen MR) is 104 cm³/mol. The summed E-state index contributed by atoms with van der Waals surface area (Å²) < 4.78 is 5.85. The van der Waals surface area contributed by atoms with Gasteiger partial charge in [0.1, 0.15) is 5.70 Å². The van der Waals surface area contributed by atoms with E-state index in [0.717, 1.165) is 24.8 Å². The zero-order valence-electron chi connectivity index (χ0n) is 16.2. The van der Waals surface area contributed by atoms with E-state index in [9.17, 15) is 14.7 Å². The molecule has 2 amide bonds. The molecule has 1 saturated carbocycles. The third-order valence-corrected chi connectivity index (χ3v) is 6.05. The van der Waals surface area contributed by atoms with E-state index in [-0.39, 0.29) is 23.6 Å². The van der Waals surface area contributed by atoms with Gasteiger partial charge in [-0.3, -0.25) is 14.5 Å². The van der Waals surface area contributed by atoms with E-state index < -0.39 is 23.8 Å². The fourth-order valence-corrected chi connectivity index (χ4v) is 4.79. The van der Waals surface area contributed by atoms with Gasteiger partial charge in [-0.25, -0.2) is 0 Å².